The van der Waals surface area contributed by atoms with E-state index in [-0.39, 0.29) is 0 Å². The highest BCUT2D eigenvalue weighted by atomic mass is 14.2. The van der Waals surface area contributed by atoms with Crippen LogP contribution in [-0.4, -0.2) is 0 Å². The zero-order valence-electron chi connectivity index (χ0n) is 25.3. The van der Waals surface area contributed by atoms with E-state index in [1.54, 1.807) is 0 Å². The van der Waals surface area contributed by atoms with Crippen LogP contribution in [0.3, 0.4) is 0 Å². The van der Waals surface area contributed by atoms with Gasteiger partial charge in [-0.15, -0.1) is 0 Å². The zero-order chi connectivity index (χ0) is 30.5. The van der Waals surface area contributed by atoms with E-state index in [1.165, 1.54) is 87.6 Å². The quantitative estimate of drug-likeness (QED) is 0.181. The molecule has 46 heavy (non-hydrogen) atoms. The van der Waals surface area contributed by atoms with Crippen LogP contribution < -0.4 is 0 Å². The van der Waals surface area contributed by atoms with Crippen LogP contribution in [0, 0.1) is 0 Å². The molecule has 0 fully saturated rings. The number of hydrogen-bond acceptors (Lipinski definition) is 0. The third kappa shape index (κ3) is 4.47. The molecule has 0 nitrogen and oxygen atoms in total. The number of rotatable bonds is 4. The molecule has 0 bridgehead atoms. The first-order chi connectivity index (χ1) is 22.8. The molecular formula is C46H30. The predicted molar refractivity (Wildman–Crippen MR) is 198 cm³/mol. The Bertz CT molecular complexity index is 2500. The number of fused-ring (bicyclic) bond motifs is 4. The Morgan fingerprint density at radius 2 is 0.609 bits per heavy atom. The fourth-order valence-corrected chi connectivity index (χ4v) is 7.18. The van der Waals surface area contributed by atoms with Gasteiger partial charge in [-0.05, 0) is 112 Å². The zero-order valence-corrected chi connectivity index (χ0v) is 25.3. The summed E-state index contributed by atoms with van der Waals surface area (Å²) in [6.45, 7) is 0. The summed E-state index contributed by atoms with van der Waals surface area (Å²) in [6, 6.07) is 66.5. The van der Waals surface area contributed by atoms with Crippen LogP contribution in [0.2, 0.25) is 0 Å². The molecule has 0 amide bonds. The van der Waals surface area contributed by atoms with Crippen LogP contribution in [0.1, 0.15) is 0 Å². The maximum atomic E-state index is 2.34. The Labute approximate surface area is 268 Å². The molecule has 0 aliphatic rings. The highest BCUT2D eigenvalue weighted by molar-refractivity contribution is 6.21. The molecule has 9 aromatic carbocycles. The second-order valence-corrected chi connectivity index (χ2v) is 12.1. The molecule has 0 aliphatic heterocycles. The molecule has 9 rings (SSSR count). The molecule has 0 spiro atoms. The Hall–Kier alpha value is -5.98. The van der Waals surface area contributed by atoms with Gasteiger partial charge in [-0.2, -0.15) is 0 Å². The monoisotopic (exact) mass is 582 g/mol. The Morgan fingerprint density at radius 1 is 0.196 bits per heavy atom. The van der Waals surface area contributed by atoms with Gasteiger partial charge in [0.2, 0.25) is 0 Å². The van der Waals surface area contributed by atoms with Crippen LogP contribution in [0.25, 0.3) is 87.6 Å². The molecule has 0 unspecified atom stereocenters. The minimum absolute atomic E-state index is 1.22. The average Bonchev–Trinajstić information content (AvgIpc) is 3.13. The van der Waals surface area contributed by atoms with E-state index < -0.39 is 0 Å². The van der Waals surface area contributed by atoms with Crippen LogP contribution >= 0.6 is 0 Å². The Morgan fingerprint density at radius 3 is 1.26 bits per heavy atom. The first-order valence-corrected chi connectivity index (χ1v) is 15.9. The SMILES string of the molecule is c1ccc(-c2cccc(-c3c4ccccc4c(-c4ccc(-c5ccc6cc7ccccc7cc6c5)cc4)c4ccccc34)c2)cc1. The third-order valence-corrected chi connectivity index (χ3v) is 9.40. The van der Waals surface area contributed by atoms with Gasteiger partial charge in [0.25, 0.3) is 0 Å². The molecule has 0 saturated carbocycles. The highest BCUT2D eigenvalue weighted by Crippen LogP contribution is 2.44. The minimum Gasteiger partial charge on any atom is -0.0622 e. The van der Waals surface area contributed by atoms with Gasteiger partial charge in [0.15, 0.2) is 0 Å². The molecule has 0 N–H and O–H groups in total. The second kappa shape index (κ2) is 10.9. The fourth-order valence-electron chi connectivity index (χ4n) is 7.18. The van der Waals surface area contributed by atoms with Crippen molar-refractivity contribution < 1.29 is 0 Å². The lowest BCUT2D eigenvalue weighted by Gasteiger charge is -2.18. The minimum atomic E-state index is 1.22. The lowest BCUT2D eigenvalue weighted by molar-refractivity contribution is 1.61. The first kappa shape index (κ1) is 26.4. The molecular weight excluding hydrogens is 553 g/mol. The molecule has 0 aromatic heterocycles. The predicted octanol–water partition coefficient (Wildman–Crippen LogP) is 13.0. The van der Waals surface area contributed by atoms with Gasteiger partial charge in [-0.3, -0.25) is 0 Å². The third-order valence-electron chi connectivity index (χ3n) is 9.40. The Balaban J connectivity index is 1.19. The van der Waals surface area contributed by atoms with Gasteiger partial charge < -0.3 is 0 Å². The van der Waals surface area contributed by atoms with Crippen LogP contribution in [0.4, 0.5) is 0 Å². The molecule has 0 heterocycles. The molecule has 0 aliphatic carbocycles. The largest absolute Gasteiger partial charge is 0.0622 e. The highest BCUT2D eigenvalue weighted by Gasteiger charge is 2.17. The summed E-state index contributed by atoms with van der Waals surface area (Å²) in [4.78, 5) is 0. The van der Waals surface area contributed by atoms with Gasteiger partial charge in [-0.25, -0.2) is 0 Å². The van der Waals surface area contributed by atoms with Crippen molar-refractivity contribution in [1.29, 1.82) is 0 Å². The number of benzene rings is 9. The van der Waals surface area contributed by atoms with Crippen molar-refractivity contribution in [3.05, 3.63) is 182 Å². The van der Waals surface area contributed by atoms with E-state index in [1.807, 2.05) is 0 Å². The summed E-state index contributed by atoms with van der Waals surface area (Å²) < 4.78 is 0. The topological polar surface area (TPSA) is 0 Å². The lowest BCUT2D eigenvalue weighted by Crippen LogP contribution is -1.91. The molecule has 0 atom stereocenters. The van der Waals surface area contributed by atoms with Crippen molar-refractivity contribution in [3.8, 4) is 44.5 Å². The van der Waals surface area contributed by atoms with Crippen molar-refractivity contribution in [1.82, 2.24) is 0 Å². The van der Waals surface area contributed by atoms with E-state index in [2.05, 4.69) is 182 Å². The Kier molecular flexibility index (Phi) is 6.25. The average molecular weight is 583 g/mol. The summed E-state index contributed by atoms with van der Waals surface area (Å²) in [5.41, 5.74) is 9.95. The van der Waals surface area contributed by atoms with Crippen LogP contribution in [-0.2, 0) is 0 Å². The van der Waals surface area contributed by atoms with E-state index in [0.717, 1.165) is 0 Å². The van der Waals surface area contributed by atoms with Crippen molar-refractivity contribution in [3.63, 3.8) is 0 Å². The second-order valence-electron chi connectivity index (χ2n) is 12.1. The van der Waals surface area contributed by atoms with Crippen molar-refractivity contribution >= 4 is 43.1 Å². The smallest absolute Gasteiger partial charge is 0.00262 e. The van der Waals surface area contributed by atoms with Crippen LogP contribution in [0.15, 0.2) is 182 Å². The van der Waals surface area contributed by atoms with E-state index in [9.17, 15) is 0 Å². The molecule has 214 valence electrons. The lowest BCUT2D eigenvalue weighted by atomic mass is 9.85. The van der Waals surface area contributed by atoms with E-state index >= 15 is 0 Å². The van der Waals surface area contributed by atoms with E-state index in [0.29, 0.717) is 0 Å². The van der Waals surface area contributed by atoms with Gasteiger partial charge in [0.1, 0.15) is 0 Å². The van der Waals surface area contributed by atoms with Gasteiger partial charge in [0.05, 0.1) is 0 Å². The summed E-state index contributed by atoms with van der Waals surface area (Å²) >= 11 is 0. The molecule has 0 radical (unpaired) electrons. The fraction of sp³-hybridized carbons (Fsp3) is 0. The summed E-state index contributed by atoms with van der Waals surface area (Å²) in [7, 11) is 0. The standard InChI is InChI=1S/C46H30/c1-2-11-31(12-3-1)34-15-10-16-39(28-34)46-43-19-8-6-17-41(43)45(42-18-7-9-20-44(42)46)33-23-21-32(22-24-33)37-25-26-38-27-35-13-4-5-14-36(35)29-40(38)30-37/h1-30H. The maximum Gasteiger partial charge on any atom is -0.00262 e. The molecule has 9 aromatic rings. The van der Waals surface area contributed by atoms with Gasteiger partial charge >= 0.3 is 0 Å². The summed E-state index contributed by atoms with van der Waals surface area (Å²) in [5.74, 6) is 0. The first-order valence-electron chi connectivity index (χ1n) is 15.9. The maximum absolute atomic E-state index is 2.34. The van der Waals surface area contributed by atoms with Crippen molar-refractivity contribution in [2.24, 2.45) is 0 Å². The van der Waals surface area contributed by atoms with Gasteiger partial charge in [-0.1, -0.05) is 158 Å². The van der Waals surface area contributed by atoms with Crippen molar-refractivity contribution in [2.75, 3.05) is 0 Å². The van der Waals surface area contributed by atoms with Crippen molar-refractivity contribution in [2.45, 2.75) is 0 Å². The van der Waals surface area contributed by atoms with Gasteiger partial charge in [0, 0.05) is 0 Å². The molecule has 0 saturated heterocycles. The summed E-state index contributed by atoms with van der Waals surface area (Å²) in [6.07, 6.45) is 0. The molecule has 0 heteroatoms. The summed E-state index contributed by atoms with van der Waals surface area (Å²) in [5, 5.41) is 10.2. The number of hydrogen-bond donors (Lipinski definition) is 0. The normalized spacial score (nSPS) is 11.5. The van der Waals surface area contributed by atoms with Crippen LogP contribution in [0.5, 0.6) is 0 Å². The van der Waals surface area contributed by atoms with E-state index in [4.69, 9.17) is 0 Å².